The molecule has 1 saturated carbocycles. The van der Waals surface area contributed by atoms with Gasteiger partial charge in [0.15, 0.2) is 0 Å². The molecular weight excluding hydrogens is 292 g/mol. The first kappa shape index (κ1) is 15.6. The zero-order chi connectivity index (χ0) is 15.4. The zero-order valence-electron chi connectivity index (χ0n) is 11.9. The molecule has 3 N–H and O–H groups in total. The van der Waals surface area contributed by atoms with Crippen molar-refractivity contribution in [2.24, 2.45) is 5.92 Å². The lowest BCUT2D eigenvalue weighted by atomic mass is 9.87. The van der Waals surface area contributed by atoms with Crippen LogP contribution in [0.1, 0.15) is 43.0 Å². The number of rotatable bonds is 3. The van der Waals surface area contributed by atoms with E-state index in [4.69, 9.17) is 16.7 Å². The summed E-state index contributed by atoms with van der Waals surface area (Å²) in [6.07, 6.45) is 4.22. The molecule has 1 aliphatic rings. The van der Waals surface area contributed by atoms with Gasteiger partial charge in [-0.1, -0.05) is 31.4 Å². The minimum Gasteiger partial charge on any atom is -0.478 e. The lowest BCUT2D eigenvalue weighted by Gasteiger charge is -2.27. The Kier molecular flexibility index (Phi) is 5.07. The van der Waals surface area contributed by atoms with Crippen LogP contribution in [-0.2, 0) is 0 Å². The predicted molar refractivity (Wildman–Crippen MR) is 82.0 cm³/mol. The van der Waals surface area contributed by atoms with E-state index >= 15 is 0 Å². The van der Waals surface area contributed by atoms with Gasteiger partial charge in [-0.15, -0.1) is 0 Å². The van der Waals surface area contributed by atoms with Crippen LogP contribution in [0.5, 0.6) is 0 Å². The highest BCUT2D eigenvalue weighted by Crippen LogP contribution is 2.24. The minimum atomic E-state index is -1.13. The number of nitrogens with one attached hydrogen (secondary N) is 2. The highest BCUT2D eigenvalue weighted by molar-refractivity contribution is 6.31. The fraction of sp³-hybridized carbons (Fsp3) is 0.467. The number of carboxylic acids is 1. The van der Waals surface area contributed by atoms with Crippen LogP contribution in [0.2, 0.25) is 5.02 Å². The fourth-order valence-electron chi connectivity index (χ4n) is 2.71. The molecule has 1 aromatic rings. The summed E-state index contributed by atoms with van der Waals surface area (Å²) in [5.74, 6) is -0.520. The number of amides is 2. The SMILES string of the molecule is CC1CCCC(NC(=O)Nc2ccc(Cl)cc2C(=O)O)C1. The molecule has 2 atom stereocenters. The largest absolute Gasteiger partial charge is 0.478 e. The fourth-order valence-corrected chi connectivity index (χ4v) is 2.88. The van der Waals surface area contributed by atoms with Gasteiger partial charge < -0.3 is 15.7 Å². The number of aromatic carboxylic acids is 1. The Balaban J connectivity index is 2.01. The third kappa shape index (κ3) is 4.36. The standard InChI is InChI=1S/C15H19ClN2O3/c1-9-3-2-4-11(7-9)17-15(21)18-13-6-5-10(16)8-12(13)14(19)20/h5-6,8-9,11H,2-4,7H2,1H3,(H,19,20)(H2,17,18,21). The second-order valence-corrected chi connectivity index (χ2v) is 6.00. The van der Waals surface area contributed by atoms with Crippen LogP contribution >= 0.6 is 11.6 Å². The number of hydrogen-bond donors (Lipinski definition) is 3. The van der Waals surface area contributed by atoms with Crippen molar-refractivity contribution < 1.29 is 14.7 Å². The lowest BCUT2D eigenvalue weighted by molar-refractivity contribution is 0.0698. The molecule has 1 aromatic carbocycles. The van der Waals surface area contributed by atoms with Gasteiger partial charge in [0.25, 0.3) is 0 Å². The van der Waals surface area contributed by atoms with Crippen molar-refractivity contribution in [1.29, 1.82) is 0 Å². The van der Waals surface area contributed by atoms with Crippen molar-refractivity contribution in [1.82, 2.24) is 5.32 Å². The molecule has 6 heteroatoms. The molecule has 5 nitrogen and oxygen atoms in total. The van der Waals surface area contributed by atoms with Gasteiger partial charge in [0.1, 0.15) is 0 Å². The van der Waals surface area contributed by atoms with Crippen LogP contribution < -0.4 is 10.6 Å². The van der Waals surface area contributed by atoms with Gasteiger partial charge in [0.05, 0.1) is 11.3 Å². The first-order valence-corrected chi connectivity index (χ1v) is 7.44. The van der Waals surface area contributed by atoms with E-state index in [0.29, 0.717) is 10.9 Å². The maximum atomic E-state index is 12.0. The predicted octanol–water partition coefficient (Wildman–Crippen LogP) is 3.74. The van der Waals surface area contributed by atoms with Crippen molar-refractivity contribution in [3.05, 3.63) is 28.8 Å². The molecule has 2 amide bonds. The summed E-state index contributed by atoms with van der Waals surface area (Å²) in [7, 11) is 0. The highest BCUT2D eigenvalue weighted by Gasteiger charge is 2.21. The summed E-state index contributed by atoms with van der Waals surface area (Å²) in [6.45, 7) is 2.17. The normalized spacial score (nSPS) is 21.6. The van der Waals surface area contributed by atoms with E-state index in [9.17, 15) is 9.59 Å². The average molecular weight is 311 g/mol. The Hall–Kier alpha value is -1.75. The van der Waals surface area contributed by atoms with Crippen LogP contribution in [0, 0.1) is 5.92 Å². The van der Waals surface area contributed by atoms with Crippen LogP contribution in [0.25, 0.3) is 0 Å². The van der Waals surface area contributed by atoms with Gasteiger partial charge >= 0.3 is 12.0 Å². The molecule has 0 radical (unpaired) electrons. The van der Waals surface area contributed by atoms with Crippen LogP contribution in [0.4, 0.5) is 10.5 Å². The van der Waals surface area contributed by atoms with Crippen LogP contribution in [-0.4, -0.2) is 23.1 Å². The molecular formula is C15H19ClN2O3. The number of carbonyl (C=O) groups is 2. The van der Waals surface area contributed by atoms with Crippen molar-refractivity contribution in [2.75, 3.05) is 5.32 Å². The number of halogens is 1. The van der Waals surface area contributed by atoms with Gasteiger partial charge in [0.2, 0.25) is 0 Å². The molecule has 21 heavy (non-hydrogen) atoms. The number of urea groups is 1. The van der Waals surface area contributed by atoms with E-state index in [0.717, 1.165) is 19.3 Å². The van der Waals surface area contributed by atoms with Gasteiger partial charge in [-0.2, -0.15) is 0 Å². The number of carbonyl (C=O) groups excluding carboxylic acids is 1. The Morgan fingerprint density at radius 1 is 1.33 bits per heavy atom. The summed E-state index contributed by atoms with van der Waals surface area (Å²) in [5.41, 5.74) is 0.225. The van der Waals surface area contributed by atoms with Gasteiger partial charge in [0, 0.05) is 11.1 Å². The van der Waals surface area contributed by atoms with Crippen LogP contribution in [0.15, 0.2) is 18.2 Å². The molecule has 2 unspecified atom stereocenters. The molecule has 0 spiro atoms. The molecule has 1 fully saturated rings. The quantitative estimate of drug-likeness (QED) is 0.795. The third-order valence-corrected chi connectivity index (χ3v) is 3.97. The van der Waals surface area contributed by atoms with Crippen molar-refractivity contribution in [3.8, 4) is 0 Å². The first-order valence-electron chi connectivity index (χ1n) is 7.06. The summed E-state index contributed by atoms with van der Waals surface area (Å²) in [5, 5.41) is 14.9. The maximum Gasteiger partial charge on any atom is 0.337 e. The first-order chi connectivity index (χ1) is 9.95. The maximum absolute atomic E-state index is 12.0. The molecule has 0 heterocycles. The van der Waals surface area contributed by atoms with Crippen molar-refractivity contribution in [3.63, 3.8) is 0 Å². The molecule has 0 aromatic heterocycles. The number of carboxylic acid groups (broad SMARTS) is 1. The Morgan fingerprint density at radius 3 is 2.76 bits per heavy atom. The van der Waals surface area contributed by atoms with E-state index in [2.05, 4.69) is 17.6 Å². The van der Waals surface area contributed by atoms with Gasteiger partial charge in [-0.05, 0) is 37.0 Å². The Bertz CT molecular complexity index is 548. The van der Waals surface area contributed by atoms with E-state index in [1.54, 1.807) is 6.07 Å². The molecule has 0 saturated heterocycles. The minimum absolute atomic E-state index is 0.0188. The Morgan fingerprint density at radius 2 is 2.10 bits per heavy atom. The second kappa shape index (κ2) is 6.80. The topological polar surface area (TPSA) is 78.4 Å². The van der Waals surface area contributed by atoms with E-state index in [1.807, 2.05) is 0 Å². The van der Waals surface area contributed by atoms with Gasteiger partial charge in [-0.3, -0.25) is 0 Å². The average Bonchev–Trinajstić information content (AvgIpc) is 2.40. The third-order valence-electron chi connectivity index (χ3n) is 3.73. The summed E-state index contributed by atoms with van der Waals surface area (Å²) in [6, 6.07) is 4.14. The van der Waals surface area contributed by atoms with Crippen molar-refractivity contribution in [2.45, 2.75) is 38.6 Å². The monoisotopic (exact) mass is 310 g/mol. The van der Waals surface area contributed by atoms with Crippen LogP contribution in [0.3, 0.4) is 0 Å². The molecule has 1 aliphatic carbocycles. The smallest absolute Gasteiger partial charge is 0.337 e. The molecule has 0 bridgehead atoms. The van der Waals surface area contributed by atoms with E-state index in [1.165, 1.54) is 18.6 Å². The number of hydrogen-bond acceptors (Lipinski definition) is 2. The molecule has 114 valence electrons. The lowest BCUT2D eigenvalue weighted by Crippen LogP contribution is -2.40. The number of anilines is 1. The van der Waals surface area contributed by atoms with Gasteiger partial charge in [-0.25, -0.2) is 9.59 Å². The highest BCUT2D eigenvalue weighted by atomic mass is 35.5. The van der Waals surface area contributed by atoms with E-state index < -0.39 is 5.97 Å². The second-order valence-electron chi connectivity index (χ2n) is 5.56. The Labute approximate surface area is 128 Å². The summed E-state index contributed by atoms with van der Waals surface area (Å²) >= 11 is 5.78. The summed E-state index contributed by atoms with van der Waals surface area (Å²) in [4.78, 5) is 23.2. The molecule has 0 aliphatic heterocycles. The summed E-state index contributed by atoms with van der Waals surface area (Å²) < 4.78 is 0. The van der Waals surface area contributed by atoms with E-state index in [-0.39, 0.29) is 23.3 Å². The molecule has 2 rings (SSSR count). The number of benzene rings is 1. The van der Waals surface area contributed by atoms with Crippen molar-refractivity contribution >= 4 is 29.3 Å². The zero-order valence-corrected chi connectivity index (χ0v) is 12.6.